The van der Waals surface area contributed by atoms with Gasteiger partial charge in [0.15, 0.2) is 0 Å². The van der Waals surface area contributed by atoms with E-state index in [1.807, 2.05) is 30.3 Å². The average Bonchev–Trinajstić information content (AvgIpc) is 2.28. The number of rotatable bonds is 4. The Morgan fingerprint density at radius 3 is 2.80 bits per heavy atom. The van der Waals surface area contributed by atoms with Gasteiger partial charge >= 0.3 is 5.97 Å². The summed E-state index contributed by atoms with van der Waals surface area (Å²) in [5, 5.41) is 0. The monoisotopic (exact) mass is 200 g/mol. The molecule has 0 aliphatic heterocycles. The number of carbonyl (C=O) groups is 1. The molecule has 2 nitrogen and oxygen atoms in total. The van der Waals surface area contributed by atoms with Gasteiger partial charge < -0.3 is 4.74 Å². The highest BCUT2D eigenvalue weighted by Gasteiger charge is 1.94. The van der Waals surface area contributed by atoms with Crippen LogP contribution in [0.1, 0.15) is 12.0 Å². The molecule has 0 saturated heterocycles. The van der Waals surface area contributed by atoms with Gasteiger partial charge in [-0.25, -0.2) is 4.79 Å². The van der Waals surface area contributed by atoms with Gasteiger partial charge in [-0.05, 0) is 11.6 Å². The van der Waals surface area contributed by atoms with Crippen molar-refractivity contribution in [2.75, 3.05) is 6.61 Å². The molecule has 0 aliphatic carbocycles. The summed E-state index contributed by atoms with van der Waals surface area (Å²) >= 11 is 0. The Labute approximate surface area is 89.6 Å². The van der Waals surface area contributed by atoms with Crippen LogP contribution in [0.2, 0.25) is 0 Å². The third kappa shape index (κ3) is 4.68. The molecule has 0 N–H and O–H groups in total. The van der Waals surface area contributed by atoms with Crippen molar-refractivity contribution in [3.05, 3.63) is 42.0 Å². The van der Waals surface area contributed by atoms with Gasteiger partial charge in [-0.3, -0.25) is 0 Å². The summed E-state index contributed by atoms with van der Waals surface area (Å²) in [6.45, 7) is 0.272. The lowest BCUT2D eigenvalue weighted by molar-refractivity contribution is -0.137. The summed E-state index contributed by atoms with van der Waals surface area (Å²) in [7, 11) is 0. The second kappa shape index (κ2) is 6.44. The number of hydrogen-bond acceptors (Lipinski definition) is 2. The van der Waals surface area contributed by atoms with Crippen LogP contribution in [0.15, 0.2) is 36.4 Å². The molecule has 0 aliphatic rings. The third-order valence-corrected chi connectivity index (χ3v) is 1.70. The minimum Gasteiger partial charge on any atom is -0.462 e. The van der Waals surface area contributed by atoms with Gasteiger partial charge in [0.05, 0.1) is 0 Å². The average molecular weight is 200 g/mol. The van der Waals surface area contributed by atoms with E-state index >= 15 is 0 Å². The molecule has 0 bridgehead atoms. The van der Waals surface area contributed by atoms with Crippen LogP contribution in [0, 0.1) is 12.3 Å². The molecule has 0 amide bonds. The van der Waals surface area contributed by atoms with E-state index in [4.69, 9.17) is 11.2 Å². The number of benzene rings is 1. The van der Waals surface area contributed by atoms with Crippen molar-refractivity contribution in [3.8, 4) is 12.3 Å². The topological polar surface area (TPSA) is 26.3 Å². The highest BCUT2D eigenvalue weighted by atomic mass is 16.5. The first-order valence-corrected chi connectivity index (χ1v) is 4.66. The standard InChI is InChI=1S/C13H12O2/c1-2-3-11-15-13(14)10-9-12-7-5-4-6-8-12/h1,4-10H,3,11H2/b10-9+. The highest BCUT2D eigenvalue weighted by molar-refractivity contribution is 5.86. The molecule has 0 atom stereocenters. The van der Waals surface area contributed by atoms with Crippen molar-refractivity contribution in [1.29, 1.82) is 0 Å². The number of ether oxygens (including phenoxy) is 1. The Kier molecular flexibility index (Phi) is 4.75. The molecule has 0 heterocycles. The summed E-state index contributed by atoms with van der Waals surface area (Å²) in [6.07, 6.45) is 8.57. The van der Waals surface area contributed by atoms with E-state index in [9.17, 15) is 4.79 Å². The number of carbonyl (C=O) groups excluding carboxylic acids is 1. The van der Waals surface area contributed by atoms with E-state index in [-0.39, 0.29) is 12.6 Å². The van der Waals surface area contributed by atoms with Crippen LogP contribution < -0.4 is 0 Å². The Balaban J connectivity index is 2.38. The predicted octanol–water partition coefficient (Wildman–Crippen LogP) is 2.27. The molecular weight excluding hydrogens is 188 g/mol. The van der Waals surface area contributed by atoms with E-state index in [1.165, 1.54) is 6.08 Å². The highest BCUT2D eigenvalue weighted by Crippen LogP contribution is 2.00. The Hall–Kier alpha value is -2.01. The lowest BCUT2D eigenvalue weighted by atomic mass is 10.2. The SMILES string of the molecule is C#CCCOC(=O)/C=C/c1ccccc1. The molecular formula is C13H12O2. The fraction of sp³-hybridized carbons (Fsp3) is 0.154. The zero-order chi connectivity index (χ0) is 10.9. The van der Waals surface area contributed by atoms with Crippen LogP contribution in [0.25, 0.3) is 6.08 Å². The van der Waals surface area contributed by atoms with Crippen LogP contribution in [0.3, 0.4) is 0 Å². The van der Waals surface area contributed by atoms with Gasteiger partial charge in [0, 0.05) is 12.5 Å². The molecule has 15 heavy (non-hydrogen) atoms. The number of esters is 1. The van der Waals surface area contributed by atoms with Crippen LogP contribution in [-0.2, 0) is 9.53 Å². The maximum atomic E-state index is 11.1. The molecule has 0 aromatic heterocycles. The molecule has 0 spiro atoms. The van der Waals surface area contributed by atoms with Gasteiger partial charge in [0.1, 0.15) is 6.61 Å². The van der Waals surface area contributed by atoms with Crippen LogP contribution in [0.4, 0.5) is 0 Å². The summed E-state index contributed by atoms with van der Waals surface area (Å²) in [5.41, 5.74) is 0.964. The minimum absolute atomic E-state index is 0.272. The number of terminal acetylenes is 1. The Morgan fingerprint density at radius 1 is 1.40 bits per heavy atom. The minimum atomic E-state index is -0.367. The zero-order valence-electron chi connectivity index (χ0n) is 8.35. The second-order valence-electron chi connectivity index (χ2n) is 2.87. The summed E-state index contributed by atoms with van der Waals surface area (Å²) in [6, 6.07) is 9.55. The van der Waals surface area contributed by atoms with Crippen molar-refractivity contribution >= 4 is 12.0 Å². The smallest absolute Gasteiger partial charge is 0.330 e. The Bertz CT molecular complexity index is 371. The van der Waals surface area contributed by atoms with E-state index in [2.05, 4.69) is 5.92 Å². The van der Waals surface area contributed by atoms with Gasteiger partial charge in [0.2, 0.25) is 0 Å². The van der Waals surface area contributed by atoms with E-state index in [0.29, 0.717) is 6.42 Å². The summed E-state index contributed by atoms with van der Waals surface area (Å²) in [4.78, 5) is 11.1. The van der Waals surface area contributed by atoms with Crippen molar-refractivity contribution in [2.45, 2.75) is 6.42 Å². The van der Waals surface area contributed by atoms with E-state index in [0.717, 1.165) is 5.56 Å². The van der Waals surface area contributed by atoms with Crippen LogP contribution in [0.5, 0.6) is 0 Å². The molecule has 0 saturated carbocycles. The number of hydrogen-bond donors (Lipinski definition) is 0. The van der Waals surface area contributed by atoms with E-state index in [1.54, 1.807) is 6.08 Å². The lowest BCUT2D eigenvalue weighted by Crippen LogP contribution is -2.01. The van der Waals surface area contributed by atoms with Gasteiger partial charge in [-0.2, -0.15) is 0 Å². The summed E-state index contributed by atoms with van der Waals surface area (Å²) < 4.78 is 4.84. The molecule has 0 radical (unpaired) electrons. The molecule has 76 valence electrons. The van der Waals surface area contributed by atoms with Crippen LogP contribution in [-0.4, -0.2) is 12.6 Å². The van der Waals surface area contributed by atoms with Crippen molar-refractivity contribution in [3.63, 3.8) is 0 Å². The van der Waals surface area contributed by atoms with Crippen molar-refractivity contribution < 1.29 is 9.53 Å². The first-order valence-electron chi connectivity index (χ1n) is 4.66. The van der Waals surface area contributed by atoms with E-state index < -0.39 is 0 Å². The Morgan fingerprint density at radius 2 is 2.13 bits per heavy atom. The fourth-order valence-corrected chi connectivity index (χ4v) is 0.987. The molecule has 1 aromatic rings. The molecule has 0 fully saturated rings. The van der Waals surface area contributed by atoms with Gasteiger partial charge in [0.25, 0.3) is 0 Å². The first-order chi connectivity index (χ1) is 7.33. The largest absolute Gasteiger partial charge is 0.462 e. The normalized spacial score (nSPS) is 9.80. The first kappa shape index (κ1) is 11.1. The molecule has 2 heteroatoms. The van der Waals surface area contributed by atoms with Crippen LogP contribution >= 0.6 is 0 Å². The zero-order valence-corrected chi connectivity index (χ0v) is 8.35. The van der Waals surface area contributed by atoms with Gasteiger partial charge in [-0.15, -0.1) is 12.3 Å². The molecule has 1 rings (SSSR count). The summed E-state index contributed by atoms with van der Waals surface area (Å²) in [5.74, 6) is 2.03. The maximum Gasteiger partial charge on any atom is 0.330 e. The molecule has 1 aromatic carbocycles. The predicted molar refractivity (Wildman–Crippen MR) is 59.9 cm³/mol. The van der Waals surface area contributed by atoms with Crippen molar-refractivity contribution in [1.82, 2.24) is 0 Å². The quantitative estimate of drug-likeness (QED) is 0.322. The fourth-order valence-electron chi connectivity index (χ4n) is 0.987. The van der Waals surface area contributed by atoms with Gasteiger partial charge in [-0.1, -0.05) is 30.3 Å². The second-order valence-corrected chi connectivity index (χ2v) is 2.87. The lowest BCUT2D eigenvalue weighted by Gasteiger charge is -1.96. The molecule has 0 unspecified atom stereocenters. The van der Waals surface area contributed by atoms with Crippen molar-refractivity contribution in [2.24, 2.45) is 0 Å². The maximum absolute atomic E-state index is 11.1. The third-order valence-electron chi connectivity index (χ3n) is 1.70.